The van der Waals surface area contributed by atoms with Crippen molar-refractivity contribution in [3.63, 3.8) is 0 Å². The Balaban J connectivity index is 4.07. The predicted molar refractivity (Wildman–Crippen MR) is 53.0 cm³/mol. The fourth-order valence-electron chi connectivity index (χ4n) is 0.913. The van der Waals surface area contributed by atoms with E-state index < -0.39 is 0 Å². The zero-order chi connectivity index (χ0) is 9.40. The molecular weight excluding hydrogens is 150 g/mol. The summed E-state index contributed by atoms with van der Waals surface area (Å²) >= 11 is 0. The van der Waals surface area contributed by atoms with Gasteiger partial charge in [0.1, 0.15) is 6.54 Å². The highest BCUT2D eigenvalue weighted by atomic mass is 16.3. The maximum Gasteiger partial charge on any atom is 0.102 e. The number of nitrogens with zero attached hydrogens (tertiary/aromatic N) is 1. The van der Waals surface area contributed by atoms with Crippen molar-refractivity contribution >= 4 is 0 Å². The Kier molecular flexibility index (Phi) is 6.25. The Hall–Kier alpha value is -0.920. The van der Waals surface area contributed by atoms with E-state index in [0.717, 1.165) is 12.0 Å². The second-order valence-electron chi connectivity index (χ2n) is 3.03. The van der Waals surface area contributed by atoms with Gasteiger partial charge in [-0.05, 0) is 24.8 Å². The smallest absolute Gasteiger partial charge is 0.102 e. The van der Waals surface area contributed by atoms with Crippen LogP contribution in [-0.4, -0.2) is 6.54 Å². The summed E-state index contributed by atoms with van der Waals surface area (Å²) in [6.45, 7) is 6.47. The Labute approximate surface area is 74.3 Å². The Bertz CT molecular complexity index is 180. The van der Waals surface area contributed by atoms with Crippen LogP contribution in [0.25, 0.3) is 0 Å². The maximum absolute atomic E-state index is 10.0. The van der Waals surface area contributed by atoms with Gasteiger partial charge in [-0.3, -0.25) is 0 Å². The molecule has 0 heterocycles. The first-order valence-electron chi connectivity index (χ1n) is 4.31. The summed E-state index contributed by atoms with van der Waals surface area (Å²) in [7, 11) is 0. The lowest BCUT2D eigenvalue weighted by molar-refractivity contribution is 0.740. The molecular formula is C10H17NO. The van der Waals surface area contributed by atoms with Crippen molar-refractivity contribution in [1.82, 2.24) is 0 Å². The lowest BCUT2D eigenvalue weighted by Crippen LogP contribution is -1.97. The molecule has 0 saturated carbocycles. The van der Waals surface area contributed by atoms with Crippen LogP contribution in [0.15, 0.2) is 29.0 Å². The number of rotatable bonds is 5. The summed E-state index contributed by atoms with van der Waals surface area (Å²) in [5.74, 6) is 0.424. The van der Waals surface area contributed by atoms with E-state index in [-0.39, 0.29) is 0 Å². The Morgan fingerprint density at radius 3 is 2.58 bits per heavy atom. The molecule has 2 heteroatoms. The second kappa shape index (κ2) is 6.77. The molecule has 0 spiro atoms. The van der Waals surface area contributed by atoms with E-state index in [4.69, 9.17) is 0 Å². The molecule has 0 aromatic carbocycles. The fourth-order valence-corrected chi connectivity index (χ4v) is 0.913. The van der Waals surface area contributed by atoms with Crippen molar-refractivity contribution in [3.8, 4) is 0 Å². The van der Waals surface area contributed by atoms with Gasteiger partial charge in [0.15, 0.2) is 0 Å². The average Bonchev–Trinajstić information content (AvgIpc) is 2.03. The summed E-state index contributed by atoms with van der Waals surface area (Å²) in [6, 6.07) is 0. The van der Waals surface area contributed by atoms with Gasteiger partial charge in [-0.2, -0.15) is 4.91 Å². The maximum atomic E-state index is 10.0. The van der Waals surface area contributed by atoms with Gasteiger partial charge in [0, 0.05) is 0 Å². The molecule has 68 valence electrons. The third kappa shape index (κ3) is 4.83. The molecule has 0 rings (SSSR count). The average molecular weight is 167 g/mol. The van der Waals surface area contributed by atoms with Crippen LogP contribution in [0.4, 0.5) is 0 Å². The van der Waals surface area contributed by atoms with Crippen LogP contribution >= 0.6 is 0 Å². The molecule has 0 aliphatic rings. The van der Waals surface area contributed by atoms with Crippen LogP contribution < -0.4 is 0 Å². The van der Waals surface area contributed by atoms with Gasteiger partial charge >= 0.3 is 0 Å². The lowest BCUT2D eigenvalue weighted by Gasteiger charge is -2.05. The number of nitroso groups, excluding NO2 is 1. The van der Waals surface area contributed by atoms with Crippen LogP contribution in [0.5, 0.6) is 0 Å². The van der Waals surface area contributed by atoms with Gasteiger partial charge in [-0.1, -0.05) is 37.3 Å². The number of hydrogen-bond donors (Lipinski definition) is 0. The van der Waals surface area contributed by atoms with Crippen LogP contribution in [0, 0.1) is 10.8 Å². The van der Waals surface area contributed by atoms with Crippen LogP contribution in [0.2, 0.25) is 0 Å². The van der Waals surface area contributed by atoms with Crippen LogP contribution in [0.1, 0.15) is 27.2 Å². The van der Waals surface area contributed by atoms with Crippen molar-refractivity contribution in [2.75, 3.05) is 6.54 Å². The van der Waals surface area contributed by atoms with E-state index in [1.54, 1.807) is 0 Å². The minimum absolute atomic E-state index is 0.329. The fraction of sp³-hybridized carbons (Fsp3) is 0.600. The molecule has 0 aromatic heterocycles. The predicted octanol–water partition coefficient (Wildman–Crippen LogP) is 3.30. The molecule has 0 bridgehead atoms. The first-order valence-corrected chi connectivity index (χ1v) is 4.31. The van der Waals surface area contributed by atoms with Gasteiger partial charge in [0.25, 0.3) is 0 Å². The van der Waals surface area contributed by atoms with Gasteiger partial charge in [0.2, 0.25) is 0 Å². The van der Waals surface area contributed by atoms with E-state index in [1.807, 2.05) is 13.0 Å². The van der Waals surface area contributed by atoms with Crippen molar-refractivity contribution < 1.29 is 0 Å². The molecule has 0 saturated heterocycles. The summed E-state index contributed by atoms with van der Waals surface area (Å²) in [5.41, 5.74) is 1.13. The highest BCUT2D eigenvalue weighted by Crippen LogP contribution is 2.10. The lowest BCUT2D eigenvalue weighted by atomic mass is 10.0. The topological polar surface area (TPSA) is 29.4 Å². The highest BCUT2D eigenvalue weighted by molar-refractivity contribution is 5.09. The molecule has 0 aromatic rings. The standard InChI is InChI=1S/C10H17NO/c1-4-5-6-7-10(8-11-12)9(2)3/h4-5,7,9H,6,8H2,1-3H3/b5-4+,10-7-. The van der Waals surface area contributed by atoms with Crippen molar-refractivity contribution in [1.29, 1.82) is 0 Å². The summed E-state index contributed by atoms with van der Waals surface area (Å²) < 4.78 is 0. The first-order chi connectivity index (χ1) is 5.72. The normalized spacial score (nSPS) is 12.8. The third-order valence-corrected chi connectivity index (χ3v) is 1.74. The molecule has 2 nitrogen and oxygen atoms in total. The van der Waals surface area contributed by atoms with E-state index >= 15 is 0 Å². The second-order valence-corrected chi connectivity index (χ2v) is 3.03. The van der Waals surface area contributed by atoms with Gasteiger partial charge < -0.3 is 0 Å². The molecule has 0 N–H and O–H groups in total. The molecule has 0 amide bonds. The molecule has 0 fully saturated rings. The van der Waals surface area contributed by atoms with Crippen LogP contribution in [-0.2, 0) is 0 Å². The van der Waals surface area contributed by atoms with Crippen molar-refractivity contribution in [3.05, 3.63) is 28.7 Å². The number of hydrogen-bond acceptors (Lipinski definition) is 2. The van der Waals surface area contributed by atoms with E-state index in [0.29, 0.717) is 12.5 Å². The number of allylic oxidation sites excluding steroid dienone is 3. The van der Waals surface area contributed by atoms with Crippen molar-refractivity contribution in [2.45, 2.75) is 27.2 Å². The van der Waals surface area contributed by atoms with Gasteiger partial charge in [0.05, 0.1) is 0 Å². The molecule has 0 aliphatic heterocycles. The largest absolute Gasteiger partial charge is 0.150 e. The molecule has 0 aliphatic carbocycles. The van der Waals surface area contributed by atoms with Gasteiger partial charge in [-0.15, -0.1) is 0 Å². The Morgan fingerprint density at radius 1 is 1.50 bits per heavy atom. The molecule has 12 heavy (non-hydrogen) atoms. The van der Waals surface area contributed by atoms with E-state index in [2.05, 4.69) is 31.2 Å². The van der Waals surface area contributed by atoms with E-state index in [1.165, 1.54) is 0 Å². The summed E-state index contributed by atoms with van der Waals surface area (Å²) in [5, 5.41) is 2.89. The van der Waals surface area contributed by atoms with Crippen LogP contribution in [0.3, 0.4) is 0 Å². The summed E-state index contributed by atoms with van der Waals surface area (Å²) in [4.78, 5) is 10.0. The highest BCUT2D eigenvalue weighted by Gasteiger charge is 2.01. The van der Waals surface area contributed by atoms with E-state index in [9.17, 15) is 4.91 Å². The molecule has 0 unspecified atom stereocenters. The molecule has 0 radical (unpaired) electrons. The monoisotopic (exact) mass is 167 g/mol. The Morgan fingerprint density at radius 2 is 2.17 bits per heavy atom. The zero-order valence-electron chi connectivity index (χ0n) is 8.08. The molecule has 0 atom stereocenters. The third-order valence-electron chi connectivity index (χ3n) is 1.74. The SMILES string of the molecule is C/C=C/C/C=C(/CN=O)C(C)C. The minimum atomic E-state index is 0.329. The van der Waals surface area contributed by atoms with Gasteiger partial charge in [-0.25, -0.2) is 0 Å². The zero-order valence-corrected chi connectivity index (χ0v) is 8.08. The minimum Gasteiger partial charge on any atom is -0.150 e. The summed E-state index contributed by atoms with van der Waals surface area (Å²) in [6.07, 6.45) is 7.04. The quantitative estimate of drug-likeness (QED) is 0.456. The first kappa shape index (κ1) is 11.1. The van der Waals surface area contributed by atoms with Crippen molar-refractivity contribution in [2.24, 2.45) is 11.1 Å².